The molecule has 1 saturated heterocycles. The first-order valence-electron chi connectivity index (χ1n) is 10.8. The summed E-state index contributed by atoms with van der Waals surface area (Å²) < 4.78 is 5.33. The maximum atomic E-state index is 12.1. The molecule has 0 spiro atoms. The number of hydrogen-bond donors (Lipinski definition) is 2. The Morgan fingerprint density at radius 2 is 1.72 bits per heavy atom. The molecule has 0 aliphatic carbocycles. The van der Waals surface area contributed by atoms with Crippen LogP contribution < -0.4 is 20.3 Å². The summed E-state index contributed by atoms with van der Waals surface area (Å²) in [6.45, 7) is 5.71. The zero-order valence-corrected chi connectivity index (χ0v) is 18.3. The second-order valence-corrected chi connectivity index (χ2v) is 7.76. The summed E-state index contributed by atoms with van der Waals surface area (Å²) in [6, 6.07) is 11.3. The number of anilines is 4. The number of piperidine rings is 1. The van der Waals surface area contributed by atoms with Gasteiger partial charge in [0, 0.05) is 48.1 Å². The topological polar surface area (TPSA) is 105 Å². The van der Waals surface area contributed by atoms with Crippen LogP contribution in [0.1, 0.15) is 30.7 Å². The number of ether oxygens (including phenoxy) is 1. The predicted octanol–water partition coefficient (Wildman–Crippen LogP) is 3.63. The van der Waals surface area contributed by atoms with Crippen LogP contribution in [0.5, 0.6) is 6.01 Å². The van der Waals surface area contributed by atoms with Gasteiger partial charge in [0.2, 0.25) is 5.95 Å². The first kappa shape index (κ1) is 21.5. The summed E-state index contributed by atoms with van der Waals surface area (Å²) in [5.41, 5.74) is 3.19. The van der Waals surface area contributed by atoms with E-state index < -0.39 is 0 Å². The van der Waals surface area contributed by atoms with Gasteiger partial charge in [-0.1, -0.05) is 0 Å². The molecular formula is C23H27N7O2. The molecule has 2 N–H and O–H groups in total. The van der Waals surface area contributed by atoms with Crippen molar-refractivity contribution >= 4 is 29.0 Å². The second kappa shape index (κ2) is 10.0. The van der Waals surface area contributed by atoms with Crippen molar-refractivity contribution in [1.82, 2.24) is 19.9 Å². The minimum absolute atomic E-state index is 0.167. The SMILES string of the molecule is Cc1cc(N2CCCCC2)nc(Nc2ccc(NC(=O)COc3nccc(C)n3)cc2)n1. The molecular weight excluding hydrogens is 406 g/mol. The first-order chi connectivity index (χ1) is 15.5. The lowest BCUT2D eigenvalue weighted by atomic mass is 10.1. The molecule has 2 aromatic heterocycles. The van der Waals surface area contributed by atoms with E-state index in [-0.39, 0.29) is 18.5 Å². The maximum absolute atomic E-state index is 12.1. The molecule has 1 amide bonds. The predicted molar refractivity (Wildman–Crippen MR) is 123 cm³/mol. The Balaban J connectivity index is 1.33. The highest BCUT2D eigenvalue weighted by molar-refractivity contribution is 5.92. The van der Waals surface area contributed by atoms with Crippen molar-refractivity contribution in [3.05, 3.63) is 54.0 Å². The number of rotatable bonds is 7. The van der Waals surface area contributed by atoms with Crippen molar-refractivity contribution in [3.63, 3.8) is 0 Å². The van der Waals surface area contributed by atoms with Crippen molar-refractivity contribution in [2.45, 2.75) is 33.1 Å². The molecule has 3 aromatic rings. The molecule has 0 atom stereocenters. The van der Waals surface area contributed by atoms with Crippen molar-refractivity contribution in [2.75, 3.05) is 35.2 Å². The third-order valence-corrected chi connectivity index (χ3v) is 5.05. The molecule has 1 aliphatic rings. The molecule has 3 heterocycles. The number of hydrogen-bond acceptors (Lipinski definition) is 8. The van der Waals surface area contributed by atoms with Crippen LogP contribution in [0.2, 0.25) is 0 Å². The zero-order valence-electron chi connectivity index (χ0n) is 18.3. The van der Waals surface area contributed by atoms with E-state index in [1.54, 1.807) is 12.3 Å². The lowest BCUT2D eigenvalue weighted by Crippen LogP contribution is -2.30. The van der Waals surface area contributed by atoms with E-state index in [0.717, 1.165) is 36.0 Å². The molecule has 1 fully saturated rings. The number of carbonyl (C=O) groups is 1. The Labute approximate surface area is 187 Å². The monoisotopic (exact) mass is 433 g/mol. The average molecular weight is 434 g/mol. The lowest BCUT2D eigenvalue weighted by Gasteiger charge is -2.28. The molecule has 4 rings (SSSR count). The number of nitrogens with one attached hydrogen (secondary N) is 2. The van der Waals surface area contributed by atoms with Crippen molar-refractivity contribution < 1.29 is 9.53 Å². The van der Waals surface area contributed by atoms with Crippen LogP contribution in [0.4, 0.5) is 23.1 Å². The van der Waals surface area contributed by atoms with Gasteiger partial charge >= 0.3 is 6.01 Å². The van der Waals surface area contributed by atoms with Gasteiger partial charge in [0.1, 0.15) is 5.82 Å². The van der Waals surface area contributed by atoms with Crippen molar-refractivity contribution in [1.29, 1.82) is 0 Å². The molecule has 1 aliphatic heterocycles. The van der Waals surface area contributed by atoms with Crippen LogP contribution in [-0.4, -0.2) is 45.5 Å². The van der Waals surface area contributed by atoms with Gasteiger partial charge in [0.15, 0.2) is 6.61 Å². The van der Waals surface area contributed by atoms with E-state index in [1.807, 2.05) is 44.2 Å². The van der Waals surface area contributed by atoms with Crippen molar-refractivity contribution in [3.8, 4) is 6.01 Å². The molecule has 0 bridgehead atoms. The van der Waals surface area contributed by atoms with Gasteiger partial charge in [-0.3, -0.25) is 4.79 Å². The Morgan fingerprint density at radius 1 is 0.969 bits per heavy atom. The first-order valence-corrected chi connectivity index (χ1v) is 10.8. The number of nitrogens with zero attached hydrogens (tertiary/aromatic N) is 5. The fourth-order valence-corrected chi connectivity index (χ4v) is 3.48. The summed E-state index contributed by atoms with van der Waals surface area (Å²) in [5, 5.41) is 6.05. The highest BCUT2D eigenvalue weighted by atomic mass is 16.5. The normalized spacial score (nSPS) is 13.5. The molecule has 166 valence electrons. The van der Waals surface area contributed by atoms with E-state index in [0.29, 0.717) is 11.6 Å². The van der Waals surface area contributed by atoms with Crippen molar-refractivity contribution in [2.24, 2.45) is 0 Å². The number of aromatic nitrogens is 4. The fraction of sp³-hybridized carbons (Fsp3) is 0.348. The van der Waals surface area contributed by atoms with E-state index in [2.05, 4.69) is 35.5 Å². The number of amides is 1. The number of benzene rings is 1. The molecule has 9 heteroatoms. The quantitative estimate of drug-likeness (QED) is 0.582. The second-order valence-electron chi connectivity index (χ2n) is 7.76. The van der Waals surface area contributed by atoms with Crippen LogP contribution in [-0.2, 0) is 4.79 Å². The Hall–Kier alpha value is -3.75. The van der Waals surface area contributed by atoms with Gasteiger partial charge in [0.25, 0.3) is 5.91 Å². The molecule has 32 heavy (non-hydrogen) atoms. The van der Waals surface area contributed by atoms with E-state index in [4.69, 9.17) is 4.74 Å². The highest BCUT2D eigenvalue weighted by Gasteiger charge is 2.14. The summed E-state index contributed by atoms with van der Waals surface area (Å²) in [4.78, 5) is 31.7. The molecule has 9 nitrogen and oxygen atoms in total. The number of carbonyl (C=O) groups excluding carboxylic acids is 1. The number of aryl methyl sites for hydroxylation is 2. The van der Waals surface area contributed by atoms with Gasteiger partial charge in [0.05, 0.1) is 0 Å². The molecule has 0 saturated carbocycles. The third kappa shape index (κ3) is 5.90. The highest BCUT2D eigenvalue weighted by Crippen LogP contribution is 2.22. The Kier molecular flexibility index (Phi) is 6.74. The van der Waals surface area contributed by atoms with E-state index >= 15 is 0 Å². The molecule has 1 aromatic carbocycles. The third-order valence-electron chi connectivity index (χ3n) is 5.05. The molecule has 0 unspecified atom stereocenters. The summed E-state index contributed by atoms with van der Waals surface area (Å²) >= 11 is 0. The Morgan fingerprint density at radius 3 is 2.47 bits per heavy atom. The summed E-state index contributed by atoms with van der Waals surface area (Å²) in [6.07, 6.45) is 5.26. The smallest absolute Gasteiger partial charge is 0.317 e. The zero-order chi connectivity index (χ0) is 22.3. The standard InChI is InChI=1S/C23H27N7O2/c1-16-10-11-24-23(26-16)32-15-21(31)27-18-6-8-19(9-7-18)28-22-25-17(2)14-20(29-22)30-12-4-3-5-13-30/h6-11,14H,3-5,12-13,15H2,1-2H3,(H,27,31)(H,25,28,29). The van der Waals surface area contributed by atoms with Gasteiger partial charge in [-0.15, -0.1) is 0 Å². The van der Waals surface area contributed by atoms with Crippen LogP contribution in [0, 0.1) is 13.8 Å². The van der Waals surface area contributed by atoms with Gasteiger partial charge in [-0.25, -0.2) is 15.0 Å². The van der Waals surface area contributed by atoms with Crippen LogP contribution in [0.25, 0.3) is 0 Å². The molecule has 0 radical (unpaired) electrons. The maximum Gasteiger partial charge on any atom is 0.317 e. The van der Waals surface area contributed by atoms with Crippen LogP contribution in [0.15, 0.2) is 42.6 Å². The van der Waals surface area contributed by atoms with Crippen LogP contribution >= 0.6 is 0 Å². The van der Waals surface area contributed by atoms with E-state index in [1.165, 1.54) is 19.3 Å². The fourth-order valence-electron chi connectivity index (χ4n) is 3.48. The van der Waals surface area contributed by atoms with Gasteiger partial charge < -0.3 is 20.3 Å². The minimum atomic E-state index is -0.288. The average Bonchev–Trinajstić information content (AvgIpc) is 2.79. The van der Waals surface area contributed by atoms with E-state index in [9.17, 15) is 4.79 Å². The van der Waals surface area contributed by atoms with Crippen LogP contribution in [0.3, 0.4) is 0 Å². The Bertz CT molecular complexity index is 1070. The largest absolute Gasteiger partial charge is 0.453 e. The lowest BCUT2D eigenvalue weighted by molar-refractivity contribution is -0.118. The summed E-state index contributed by atoms with van der Waals surface area (Å²) in [5.74, 6) is 1.24. The summed E-state index contributed by atoms with van der Waals surface area (Å²) in [7, 11) is 0. The van der Waals surface area contributed by atoms with Gasteiger partial charge in [-0.05, 0) is 63.4 Å². The minimum Gasteiger partial charge on any atom is -0.453 e. The van der Waals surface area contributed by atoms with Gasteiger partial charge in [-0.2, -0.15) is 4.98 Å².